The van der Waals surface area contributed by atoms with E-state index in [-0.39, 0.29) is 29.4 Å². The van der Waals surface area contributed by atoms with Crippen molar-refractivity contribution in [2.75, 3.05) is 23.9 Å². The van der Waals surface area contributed by atoms with E-state index in [1.807, 2.05) is 36.4 Å². The molecule has 3 amide bonds. The van der Waals surface area contributed by atoms with Gasteiger partial charge in [0.05, 0.1) is 18.4 Å². The molecule has 4 rings (SSSR count). The number of aliphatic carboxylic acids is 1. The number of methoxy groups -OCH3 is 1. The fourth-order valence-corrected chi connectivity index (χ4v) is 4.85. The Hall–Kier alpha value is -5.71. The Kier molecular flexibility index (Phi) is 9.92. The first-order valence-electron chi connectivity index (χ1n) is 13.7. The van der Waals surface area contributed by atoms with Crippen LogP contribution in [0, 0.1) is 0 Å². The van der Waals surface area contributed by atoms with E-state index in [0.29, 0.717) is 18.5 Å². The third-order valence-electron chi connectivity index (χ3n) is 7.12. The molecule has 44 heavy (non-hydrogen) atoms. The summed E-state index contributed by atoms with van der Waals surface area (Å²) in [6.45, 7) is 1.82. The average molecular weight is 598 g/mol. The summed E-state index contributed by atoms with van der Waals surface area (Å²) < 4.78 is 4.94. The fraction of sp³-hybridized carbons (Fsp3) is 0.182. The number of rotatable bonds is 10. The zero-order valence-corrected chi connectivity index (χ0v) is 24.1. The van der Waals surface area contributed by atoms with Gasteiger partial charge >= 0.3 is 23.9 Å². The number of ether oxygens (including phenoxy) is 1. The Morgan fingerprint density at radius 3 is 2.18 bits per heavy atom. The zero-order chi connectivity index (χ0) is 31.8. The van der Waals surface area contributed by atoms with Gasteiger partial charge in [-0.25, -0.2) is 14.4 Å². The van der Waals surface area contributed by atoms with Crippen molar-refractivity contribution >= 4 is 57.7 Å². The van der Waals surface area contributed by atoms with Crippen LogP contribution in [0.3, 0.4) is 0 Å². The van der Waals surface area contributed by atoms with Gasteiger partial charge in [0.2, 0.25) is 5.91 Å². The minimum Gasteiger partial charge on any atom is -0.478 e. The van der Waals surface area contributed by atoms with Crippen LogP contribution in [0.1, 0.15) is 29.3 Å². The van der Waals surface area contributed by atoms with Crippen molar-refractivity contribution < 1.29 is 38.9 Å². The van der Waals surface area contributed by atoms with Crippen LogP contribution in [0.25, 0.3) is 10.8 Å². The highest BCUT2D eigenvalue weighted by Crippen LogP contribution is 2.30. The predicted molar refractivity (Wildman–Crippen MR) is 164 cm³/mol. The van der Waals surface area contributed by atoms with Crippen LogP contribution in [0.2, 0.25) is 0 Å². The molecule has 4 aromatic rings. The van der Waals surface area contributed by atoms with Gasteiger partial charge in [0.25, 0.3) is 0 Å². The first kappa shape index (κ1) is 31.2. The lowest BCUT2D eigenvalue weighted by atomic mass is 10.1. The first-order valence-corrected chi connectivity index (χ1v) is 13.7. The number of para-hydroxylation sites is 1. The number of aryl methyl sites for hydroxylation is 1. The molecule has 0 saturated carbocycles. The molecule has 0 bridgehead atoms. The number of anilines is 3. The highest BCUT2D eigenvalue weighted by Gasteiger charge is 2.29. The highest BCUT2D eigenvalue weighted by molar-refractivity contribution is 6.39. The Labute approximate surface area is 253 Å². The molecular formula is C33H31N3O8. The number of aromatic carboxylic acids is 1. The summed E-state index contributed by atoms with van der Waals surface area (Å²) in [5.41, 5.74) is 1.30. The molecule has 1 atom stereocenters. The number of amides is 3. The monoisotopic (exact) mass is 597 g/mol. The standard InChI is InChI=1S/C33H31N3O8/c1-21(29(37)34-27-14-7-11-23-10-3-4-12-25(23)27)35(33(43)44-2)20-8-9-22-16-18-24(19-17-22)36(30(38)32(41)42)28-15-6-5-13-26(28)31(39)40/h3-7,10-19,21H,8-9,20H2,1-2H3,(H,34,37)(H,39,40)(H,41,42)/t21-/m0/s1. The molecule has 0 aliphatic heterocycles. The number of hydrogen-bond acceptors (Lipinski definition) is 6. The van der Waals surface area contributed by atoms with Crippen molar-refractivity contribution in [1.82, 2.24) is 4.90 Å². The highest BCUT2D eigenvalue weighted by atomic mass is 16.5. The van der Waals surface area contributed by atoms with Gasteiger partial charge < -0.3 is 20.3 Å². The van der Waals surface area contributed by atoms with Gasteiger partial charge in [-0.05, 0) is 61.0 Å². The predicted octanol–water partition coefficient (Wildman–Crippen LogP) is 5.32. The Balaban J connectivity index is 1.46. The Morgan fingerprint density at radius 2 is 1.50 bits per heavy atom. The van der Waals surface area contributed by atoms with Crippen LogP contribution in [0.15, 0.2) is 91.0 Å². The molecule has 3 N–H and O–H groups in total. The number of carbonyl (C=O) groups is 5. The van der Waals surface area contributed by atoms with E-state index in [1.54, 1.807) is 25.1 Å². The van der Waals surface area contributed by atoms with Crippen LogP contribution in [-0.2, 0) is 25.5 Å². The van der Waals surface area contributed by atoms with Crippen molar-refractivity contribution in [2.45, 2.75) is 25.8 Å². The van der Waals surface area contributed by atoms with E-state index < -0.39 is 30.0 Å². The van der Waals surface area contributed by atoms with Crippen LogP contribution in [-0.4, -0.2) is 64.7 Å². The van der Waals surface area contributed by atoms with Crippen molar-refractivity contribution in [3.8, 4) is 0 Å². The number of nitrogens with one attached hydrogen (secondary N) is 1. The van der Waals surface area contributed by atoms with Crippen molar-refractivity contribution in [2.24, 2.45) is 0 Å². The largest absolute Gasteiger partial charge is 0.478 e. The van der Waals surface area contributed by atoms with E-state index >= 15 is 0 Å². The summed E-state index contributed by atoms with van der Waals surface area (Å²) >= 11 is 0. The molecule has 0 fully saturated rings. The van der Waals surface area contributed by atoms with Crippen LogP contribution >= 0.6 is 0 Å². The smallest absolute Gasteiger partial charge is 0.410 e. The van der Waals surface area contributed by atoms with Gasteiger partial charge in [-0.1, -0.05) is 60.7 Å². The topological polar surface area (TPSA) is 154 Å². The normalized spacial score (nSPS) is 11.3. The SMILES string of the molecule is COC(=O)N(CCCc1ccc(N(C(=O)C(=O)O)c2ccccc2C(=O)O)cc1)[C@@H](C)C(=O)Nc1cccc2ccccc12. The maximum absolute atomic E-state index is 13.2. The quantitative estimate of drug-likeness (QED) is 0.208. The average Bonchev–Trinajstić information content (AvgIpc) is 3.03. The third-order valence-corrected chi connectivity index (χ3v) is 7.12. The molecule has 0 saturated heterocycles. The number of carboxylic acid groups (broad SMARTS) is 2. The maximum Gasteiger partial charge on any atom is 0.410 e. The van der Waals surface area contributed by atoms with Gasteiger partial charge in [-0.3, -0.25) is 19.4 Å². The Bertz CT molecular complexity index is 1700. The third kappa shape index (κ3) is 7.01. The summed E-state index contributed by atoms with van der Waals surface area (Å²) in [4.78, 5) is 63.9. The van der Waals surface area contributed by atoms with Crippen LogP contribution in [0.4, 0.5) is 21.9 Å². The fourth-order valence-electron chi connectivity index (χ4n) is 4.85. The number of nitrogens with zero attached hydrogens (tertiary/aromatic N) is 2. The molecule has 11 nitrogen and oxygen atoms in total. The van der Waals surface area contributed by atoms with Crippen molar-refractivity contribution in [1.29, 1.82) is 0 Å². The van der Waals surface area contributed by atoms with Gasteiger partial charge in [0.1, 0.15) is 6.04 Å². The molecule has 11 heteroatoms. The number of carbonyl (C=O) groups excluding carboxylic acids is 3. The van der Waals surface area contributed by atoms with E-state index in [1.165, 1.54) is 48.4 Å². The van der Waals surface area contributed by atoms with Gasteiger partial charge in [-0.2, -0.15) is 0 Å². The Morgan fingerprint density at radius 1 is 0.841 bits per heavy atom. The lowest BCUT2D eigenvalue weighted by molar-refractivity contribution is -0.148. The molecule has 0 spiro atoms. The second-order valence-corrected chi connectivity index (χ2v) is 9.89. The van der Waals surface area contributed by atoms with Crippen molar-refractivity contribution in [3.05, 3.63) is 102 Å². The molecule has 4 aromatic carbocycles. The van der Waals surface area contributed by atoms with E-state index in [4.69, 9.17) is 4.74 Å². The summed E-state index contributed by atoms with van der Waals surface area (Å²) in [6.07, 6.45) is 0.283. The number of fused-ring (bicyclic) bond motifs is 1. The molecule has 0 aliphatic carbocycles. The molecule has 0 unspecified atom stereocenters. The van der Waals surface area contributed by atoms with Crippen LogP contribution < -0.4 is 10.2 Å². The lowest BCUT2D eigenvalue weighted by Gasteiger charge is -2.27. The summed E-state index contributed by atoms with van der Waals surface area (Å²) in [7, 11) is 1.25. The van der Waals surface area contributed by atoms with Gasteiger partial charge in [0.15, 0.2) is 0 Å². The summed E-state index contributed by atoms with van der Waals surface area (Å²) in [5, 5.41) is 23.7. The number of carboxylic acids is 2. The van der Waals surface area contributed by atoms with Gasteiger partial charge in [-0.15, -0.1) is 0 Å². The molecule has 0 aromatic heterocycles. The van der Waals surface area contributed by atoms with E-state index in [9.17, 15) is 34.2 Å². The minimum atomic E-state index is -1.74. The van der Waals surface area contributed by atoms with E-state index in [2.05, 4.69) is 5.32 Å². The summed E-state index contributed by atoms with van der Waals surface area (Å²) in [6, 6.07) is 24.4. The molecule has 0 radical (unpaired) electrons. The van der Waals surface area contributed by atoms with Crippen LogP contribution in [0.5, 0.6) is 0 Å². The molecule has 226 valence electrons. The number of hydrogen-bond donors (Lipinski definition) is 3. The number of benzene rings is 4. The second kappa shape index (κ2) is 14.0. The van der Waals surface area contributed by atoms with Crippen molar-refractivity contribution in [3.63, 3.8) is 0 Å². The van der Waals surface area contributed by atoms with E-state index in [0.717, 1.165) is 21.2 Å². The first-order chi connectivity index (χ1) is 21.1. The summed E-state index contributed by atoms with van der Waals surface area (Å²) in [5.74, 6) is -4.73. The lowest BCUT2D eigenvalue weighted by Crippen LogP contribution is -2.46. The van der Waals surface area contributed by atoms with Gasteiger partial charge in [0, 0.05) is 23.3 Å². The molecule has 0 heterocycles. The zero-order valence-electron chi connectivity index (χ0n) is 24.1. The molecule has 0 aliphatic rings. The maximum atomic E-state index is 13.2. The molecular weight excluding hydrogens is 566 g/mol. The minimum absolute atomic E-state index is 0.0790. The second-order valence-electron chi connectivity index (χ2n) is 9.89.